The Morgan fingerprint density at radius 3 is 0.410 bits per heavy atom. The zero-order chi connectivity index (χ0) is 89.9. The fourth-order valence-electron chi connectivity index (χ4n) is 18.6. The Balaban J connectivity index is 0.000000288. The molecule has 6 heterocycles. The van der Waals surface area contributed by atoms with Crippen LogP contribution in [0, 0.1) is 13.8 Å². The molecule has 122 heavy (non-hydrogen) atoms. The number of rotatable bonds is 12. The first-order valence-electron chi connectivity index (χ1n) is 46.7. The summed E-state index contributed by atoms with van der Waals surface area (Å²) < 4.78 is 0. The van der Waals surface area contributed by atoms with Crippen LogP contribution in [0.5, 0.6) is 0 Å². The van der Waals surface area contributed by atoms with Crippen molar-refractivity contribution in [3.05, 3.63) is 273 Å². The molecular formula is C110H160N12. The van der Waals surface area contributed by atoms with Crippen LogP contribution in [0.15, 0.2) is 158 Å². The van der Waals surface area contributed by atoms with Gasteiger partial charge in [-0.15, -0.1) is 0 Å². The molecule has 0 atom stereocenters. The number of aliphatic imine (C=N–C) groups is 6. The molecule has 0 saturated carbocycles. The Labute approximate surface area is 741 Å². The molecule has 6 aromatic carbocycles. The molecule has 6 aliphatic rings. The molecule has 12 rings (SSSR count). The first kappa shape index (κ1) is 99.7. The van der Waals surface area contributed by atoms with E-state index in [4.69, 9.17) is 30.0 Å². The van der Waals surface area contributed by atoms with Gasteiger partial charge in [0.1, 0.15) is 0 Å². The number of benzene rings is 6. The highest BCUT2D eigenvalue weighted by atomic mass is 14.9. The third-order valence-electron chi connectivity index (χ3n) is 27.5. The number of nitrogens with zero attached hydrogens (tertiary/aromatic N) is 6. The lowest BCUT2D eigenvalue weighted by Crippen LogP contribution is -2.25. The van der Waals surface area contributed by atoms with Gasteiger partial charge >= 0.3 is 0 Å². The maximum Gasteiger partial charge on any atom is 0.0648 e. The van der Waals surface area contributed by atoms with Crippen molar-refractivity contribution in [3.8, 4) is 0 Å². The van der Waals surface area contributed by atoms with E-state index < -0.39 is 0 Å². The molecule has 0 aromatic heterocycles. The zero-order valence-corrected chi connectivity index (χ0v) is 82.4. The quantitative estimate of drug-likeness (QED) is 0.0719. The van der Waals surface area contributed by atoms with Gasteiger partial charge < -0.3 is 31.9 Å². The highest BCUT2D eigenvalue weighted by molar-refractivity contribution is 6.01. The monoisotopic (exact) mass is 1650 g/mol. The molecule has 12 nitrogen and oxygen atoms in total. The van der Waals surface area contributed by atoms with Crippen LogP contribution in [0.3, 0.4) is 0 Å². The van der Waals surface area contributed by atoms with Gasteiger partial charge in [-0.25, -0.2) is 0 Å². The van der Waals surface area contributed by atoms with Crippen molar-refractivity contribution in [3.63, 3.8) is 0 Å². The Morgan fingerprint density at radius 1 is 0.180 bits per heavy atom. The summed E-state index contributed by atoms with van der Waals surface area (Å²) in [5, 5.41) is 23.5. The van der Waals surface area contributed by atoms with E-state index in [0.29, 0.717) is 39.3 Å². The normalized spacial score (nSPS) is 19.2. The largest absolute Gasteiger partial charge is 0.384 e. The first-order valence-corrected chi connectivity index (χ1v) is 46.7. The number of hydrogen-bond acceptors (Lipinski definition) is 12. The highest BCUT2D eigenvalue weighted by Crippen LogP contribution is 2.39. The summed E-state index contributed by atoms with van der Waals surface area (Å²) in [6.07, 6.45) is 11.6. The van der Waals surface area contributed by atoms with Gasteiger partial charge in [-0.1, -0.05) is 155 Å². The summed E-state index contributed by atoms with van der Waals surface area (Å²) in [7, 11) is 0. The second kappa shape index (κ2) is 48.0. The van der Waals surface area contributed by atoms with Crippen molar-refractivity contribution in [2.75, 3.05) is 0 Å². The Kier molecular flexibility index (Phi) is 39.2. The molecule has 0 saturated heterocycles. The van der Waals surface area contributed by atoms with E-state index in [1.54, 1.807) is 0 Å². The van der Waals surface area contributed by atoms with Gasteiger partial charge in [0.05, 0.1) is 39.3 Å². The Morgan fingerprint density at radius 2 is 0.303 bits per heavy atom. The second-order valence-electron chi connectivity index (χ2n) is 34.1. The summed E-state index contributed by atoms with van der Waals surface area (Å²) in [6, 6.07) is 20.5. The molecule has 0 fully saturated rings. The van der Waals surface area contributed by atoms with E-state index in [1.807, 2.05) is 36.4 Å². The van der Waals surface area contributed by atoms with E-state index >= 15 is 0 Å². The molecule has 12 bridgehead atoms. The van der Waals surface area contributed by atoms with Crippen LogP contribution in [0.4, 0.5) is 0 Å². The molecular weight excluding hydrogens is 1490 g/mol. The Hall–Kier alpha value is -9.42. The third kappa shape index (κ3) is 24.1. The predicted octanol–water partition coefficient (Wildman–Crippen LogP) is 25.6. The molecule has 660 valence electrons. The smallest absolute Gasteiger partial charge is 0.0648 e. The maximum atomic E-state index is 5.37. The minimum absolute atomic E-state index is 0.660. The fraction of sp³-hybridized carbons (Fsp3) is 0.509. The van der Waals surface area contributed by atoms with E-state index in [1.165, 1.54) is 212 Å². The second-order valence-corrected chi connectivity index (χ2v) is 34.1. The lowest BCUT2D eigenvalue weighted by atomic mass is 9.83. The van der Waals surface area contributed by atoms with E-state index in [-0.39, 0.29) is 0 Å². The van der Waals surface area contributed by atoms with Crippen LogP contribution < -0.4 is 31.9 Å². The predicted molar refractivity (Wildman–Crippen MR) is 533 cm³/mol. The minimum atomic E-state index is 0.660. The summed E-state index contributed by atoms with van der Waals surface area (Å²) >= 11 is 0. The van der Waals surface area contributed by atoms with Crippen LogP contribution in [0.2, 0.25) is 0 Å². The minimum Gasteiger partial charge on any atom is -0.384 e. The molecule has 6 aromatic rings. The van der Waals surface area contributed by atoms with Crippen molar-refractivity contribution < 1.29 is 0 Å². The lowest BCUT2D eigenvalue weighted by Gasteiger charge is -2.28. The van der Waals surface area contributed by atoms with Gasteiger partial charge in [-0.2, -0.15) is 0 Å². The summed E-state index contributed by atoms with van der Waals surface area (Å²) in [5.74, 6) is 0. The summed E-state index contributed by atoms with van der Waals surface area (Å²) in [6.45, 7) is 80.5. The van der Waals surface area contributed by atoms with Crippen LogP contribution >= 0.6 is 0 Å². The van der Waals surface area contributed by atoms with E-state index in [2.05, 4.69) is 278 Å². The molecule has 0 amide bonds. The number of fused-ring (bicyclic) bond motifs is 24. The standard InChI is InChI=1S/2C48H72N6.2C7H8/c2*1-16-37-43-22-49-31(10)28(7)33(12)52-25-46-40(19-4)47-26-53-34(13)29(8)32(11)50-23-44(37)39(18-3)45(38(43)17-2)24-51-35(14)30(9)36(15)54-27-48(41(46)20-5)42(47)21-6;2*1-7-5-3-2-4-6-7/h2*49-51H,16-27H2,1-15H3;2*2-6H,1H3/b2*31-28-,32-29-,35-30-,52-33?,53-34?,54-36?;;. The van der Waals surface area contributed by atoms with E-state index in [9.17, 15) is 0 Å². The summed E-state index contributed by atoms with van der Waals surface area (Å²) in [4.78, 5) is 32.2. The first-order chi connectivity index (χ1) is 58.4. The van der Waals surface area contributed by atoms with Crippen molar-refractivity contribution in [2.24, 2.45) is 30.0 Å². The Bertz CT molecular complexity index is 4240. The highest BCUT2D eigenvalue weighted by Gasteiger charge is 2.28. The fourth-order valence-corrected chi connectivity index (χ4v) is 18.6. The molecule has 0 spiro atoms. The van der Waals surface area contributed by atoms with Gasteiger partial charge in [0.25, 0.3) is 0 Å². The van der Waals surface area contributed by atoms with Crippen molar-refractivity contribution in [1.82, 2.24) is 31.9 Å². The number of hydrogen-bond donors (Lipinski definition) is 6. The number of nitrogens with one attached hydrogen (secondary N) is 6. The average molecular weight is 1650 g/mol. The van der Waals surface area contributed by atoms with Crippen LogP contribution in [0.25, 0.3) is 0 Å². The molecule has 6 aliphatic heterocycles. The van der Waals surface area contributed by atoms with Crippen LogP contribution in [-0.4, -0.2) is 34.3 Å². The van der Waals surface area contributed by atoms with Gasteiger partial charge in [-0.3, -0.25) is 30.0 Å². The molecule has 0 radical (unpaired) electrons. The third-order valence-corrected chi connectivity index (χ3v) is 27.5. The van der Waals surface area contributed by atoms with Crippen LogP contribution in [0.1, 0.15) is 352 Å². The van der Waals surface area contributed by atoms with Gasteiger partial charge in [0.2, 0.25) is 0 Å². The van der Waals surface area contributed by atoms with E-state index in [0.717, 1.165) is 151 Å². The van der Waals surface area contributed by atoms with Crippen molar-refractivity contribution in [1.29, 1.82) is 0 Å². The topological polar surface area (TPSA) is 146 Å². The van der Waals surface area contributed by atoms with Crippen LogP contribution in [-0.2, 0) is 156 Å². The molecule has 12 heteroatoms. The van der Waals surface area contributed by atoms with Gasteiger partial charge in [0, 0.05) is 108 Å². The lowest BCUT2D eigenvalue weighted by molar-refractivity contribution is 0.724. The summed E-state index contributed by atoms with van der Waals surface area (Å²) in [5.41, 5.74) is 57.9. The molecule has 6 N–H and O–H groups in total. The van der Waals surface area contributed by atoms with Crippen molar-refractivity contribution >= 4 is 34.3 Å². The molecule has 0 aliphatic carbocycles. The average Bonchev–Trinajstić information content (AvgIpc) is 0.781. The molecule has 0 unspecified atom stereocenters. The van der Waals surface area contributed by atoms with Gasteiger partial charge in [0.15, 0.2) is 0 Å². The van der Waals surface area contributed by atoms with Crippen molar-refractivity contribution in [2.45, 2.75) is 377 Å². The van der Waals surface area contributed by atoms with Gasteiger partial charge in [-0.05, 0) is 382 Å². The number of aryl methyl sites for hydroxylation is 2. The SMILES string of the molecule is CCc1c2c(CC)c3c(CC)c1CN=C(C)/C(C)=C(/C)NCc1c(CC)c(c(CC)c(c1CC)CN/C(C)=C(/C)C(C)=NC3)CN/C(C)=C(/C)C(C)=NC2.CCc1c2c(CC)c3c(CC)c1CN=C(C)/C(C)=C(/C)NCc1c(CC)c(c(CC)c(c1CC)CN/C(C)=C(/C)C(C)=NC3)CN/C(C)=C(/C)C(C)=NC2.Cc1ccccc1.Cc1ccccc1. The maximum absolute atomic E-state index is 5.37. The number of allylic oxidation sites excluding steroid dienone is 12. The zero-order valence-electron chi connectivity index (χ0n) is 82.4.